The topological polar surface area (TPSA) is 47.0 Å². The van der Waals surface area contributed by atoms with Crippen molar-refractivity contribution in [1.29, 1.82) is 0 Å². The number of rotatable bonds is 4. The molecule has 2 heterocycles. The van der Waals surface area contributed by atoms with Gasteiger partial charge in [-0.1, -0.05) is 18.6 Å². The zero-order chi connectivity index (χ0) is 16.9. The summed E-state index contributed by atoms with van der Waals surface area (Å²) in [5, 5.41) is 9.46. The number of amides is 1. The Hall–Kier alpha value is -1.66. The van der Waals surface area contributed by atoms with Gasteiger partial charge in [0, 0.05) is 32.2 Å². The van der Waals surface area contributed by atoms with Gasteiger partial charge in [-0.2, -0.15) is 0 Å². The average molecular weight is 335 g/mol. The maximum Gasteiger partial charge on any atom is 0.236 e. The highest BCUT2D eigenvalue weighted by molar-refractivity contribution is 5.78. The first-order valence-electron chi connectivity index (χ1n) is 8.81. The molecule has 1 aromatic carbocycles. The second-order valence-corrected chi connectivity index (χ2v) is 6.62. The van der Waals surface area contributed by atoms with Crippen LogP contribution in [0.2, 0.25) is 0 Å². The second-order valence-electron chi connectivity index (χ2n) is 6.62. The maximum absolute atomic E-state index is 13.9. The van der Waals surface area contributed by atoms with Crippen LogP contribution < -0.4 is 4.90 Å². The van der Waals surface area contributed by atoms with E-state index in [0.29, 0.717) is 38.4 Å². The molecule has 1 atom stereocenters. The van der Waals surface area contributed by atoms with E-state index in [2.05, 4.69) is 4.90 Å². The van der Waals surface area contributed by atoms with Gasteiger partial charge in [0.2, 0.25) is 5.91 Å². The molecule has 5 nitrogen and oxygen atoms in total. The van der Waals surface area contributed by atoms with E-state index in [1.165, 1.54) is 6.07 Å². The van der Waals surface area contributed by atoms with Gasteiger partial charge < -0.3 is 14.9 Å². The lowest BCUT2D eigenvalue weighted by atomic mass is 10.0. The monoisotopic (exact) mass is 335 g/mol. The molecular formula is C18H26FN3O2. The van der Waals surface area contributed by atoms with Crippen LogP contribution in [0.15, 0.2) is 24.3 Å². The minimum absolute atomic E-state index is 0.113. The molecule has 0 aromatic heterocycles. The lowest BCUT2D eigenvalue weighted by Gasteiger charge is -2.39. The third kappa shape index (κ3) is 3.87. The van der Waals surface area contributed by atoms with Gasteiger partial charge in [-0.3, -0.25) is 9.69 Å². The molecule has 1 unspecified atom stereocenters. The normalized spacial score (nSPS) is 22.7. The number of para-hydroxylation sites is 1. The van der Waals surface area contributed by atoms with Gasteiger partial charge in [0.05, 0.1) is 18.8 Å². The number of nitrogens with zero attached hydrogens (tertiary/aromatic N) is 3. The SMILES string of the molecule is O=C(CN1CCCCC1CO)N1CCN(c2ccccc2F)CC1. The molecular weight excluding hydrogens is 309 g/mol. The Morgan fingerprint density at radius 3 is 2.58 bits per heavy atom. The third-order valence-electron chi connectivity index (χ3n) is 5.12. The van der Waals surface area contributed by atoms with Crippen molar-refractivity contribution in [2.24, 2.45) is 0 Å². The molecule has 1 amide bonds. The van der Waals surface area contributed by atoms with Crippen molar-refractivity contribution in [3.63, 3.8) is 0 Å². The summed E-state index contributed by atoms with van der Waals surface area (Å²) in [6.07, 6.45) is 3.17. The zero-order valence-electron chi connectivity index (χ0n) is 14.0. The number of benzene rings is 1. The maximum atomic E-state index is 13.9. The summed E-state index contributed by atoms with van der Waals surface area (Å²) in [5.41, 5.74) is 0.612. The summed E-state index contributed by atoms with van der Waals surface area (Å²) >= 11 is 0. The summed E-state index contributed by atoms with van der Waals surface area (Å²) in [6, 6.07) is 6.89. The van der Waals surface area contributed by atoms with E-state index >= 15 is 0 Å². The first kappa shape index (κ1) is 17.2. The second kappa shape index (κ2) is 7.94. The fourth-order valence-electron chi connectivity index (χ4n) is 3.65. The largest absolute Gasteiger partial charge is 0.395 e. The molecule has 0 aliphatic carbocycles. The van der Waals surface area contributed by atoms with Crippen molar-refractivity contribution in [3.05, 3.63) is 30.1 Å². The fraction of sp³-hybridized carbons (Fsp3) is 0.611. The molecule has 2 fully saturated rings. The highest BCUT2D eigenvalue weighted by Gasteiger charge is 2.27. The Morgan fingerprint density at radius 2 is 1.88 bits per heavy atom. The lowest BCUT2D eigenvalue weighted by Crippen LogP contribution is -2.53. The van der Waals surface area contributed by atoms with Crippen molar-refractivity contribution in [3.8, 4) is 0 Å². The van der Waals surface area contributed by atoms with Crippen LogP contribution in [-0.2, 0) is 4.79 Å². The molecule has 0 bridgehead atoms. The van der Waals surface area contributed by atoms with Crippen LogP contribution in [-0.4, -0.2) is 72.7 Å². The van der Waals surface area contributed by atoms with Crippen molar-refractivity contribution in [2.45, 2.75) is 25.3 Å². The fourth-order valence-corrected chi connectivity index (χ4v) is 3.65. The lowest BCUT2D eigenvalue weighted by molar-refractivity contribution is -0.133. The highest BCUT2D eigenvalue weighted by atomic mass is 19.1. The summed E-state index contributed by atoms with van der Waals surface area (Å²) in [5.74, 6) is -0.0973. The molecule has 0 saturated carbocycles. The quantitative estimate of drug-likeness (QED) is 0.902. The molecule has 3 rings (SSSR count). The molecule has 24 heavy (non-hydrogen) atoms. The number of piperidine rings is 1. The third-order valence-corrected chi connectivity index (χ3v) is 5.12. The summed E-state index contributed by atoms with van der Waals surface area (Å²) in [4.78, 5) is 18.5. The Balaban J connectivity index is 1.52. The van der Waals surface area contributed by atoms with Crippen LogP contribution in [0.25, 0.3) is 0 Å². The van der Waals surface area contributed by atoms with Crippen molar-refractivity contribution in [2.75, 3.05) is 50.8 Å². The minimum atomic E-state index is -0.212. The Bertz CT molecular complexity index is 561. The molecule has 1 N–H and O–H groups in total. The minimum Gasteiger partial charge on any atom is -0.395 e. The highest BCUT2D eigenvalue weighted by Crippen LogP contribution is 2.21. The Labute approximate surface area is 142 Å². The standard InChI is InChI=1S/C18H26FN3O2/c19-16-6-1-2-7-17(16)20-9-11-21(12-10-20)18(24)13-22-8-4-3-5-15(22)14-23/h1-2,6-7,15,23H,3-5,8-14H2. The van der Waals surface area contributed by atoms with Crippen LogP contribution in [0.4, 0.5) is 10.1 Å². The Kier molecular flexibility index (Phi) is 5.68. The van der Waals surface area contributed by atoms with Gasteiger partial charge in [-0.25, -0.2) is 4.39 Å². The molecule has 0 radical (unpaired) electrons. The smallest absolute Gasteiger partial charge is 0.236 e. The van der Waals surface area contributed by atoms with E-state index in [-0.39, 0.29) is 24.4 Å². The first-order valence-corrected chi connectivity index (χ1v) is 8.81. The average Bonchev–Trinajstić information content (AvgIpc) is 2.63. The predicted octanol–water partition coefficient (Wildman–Crippen LogP) is 1.32. The van der Waals surface area contributed by atoms with Crippen molar-refractivity contribution < 1.29 is 14.3 Å². The van der Waals surface area contributed by atoms with Gasteiger partial charge in [0.1, 0.15) is 5.82 Å². The summed E-state index contributed by atoms with van der Waals surface area (Å²) < 4.78 is 13.9. The number of aliphatic hydroxyl groups excluding tert-OH is 1. The van der Waals surface area contributed by atoms with Crippen molar-refractivity contribution >= 4 is 11.6 Å². The van der Waals surface area contributed by atoms with Crippen LogP contribution in [0.3, 0.4) is 0 Å². The van der Waals surface area contributed by atoms with E-state index < -0.39 is 0 Å². The van der Waals surface area contributed by atoms with Gasteiger partial charge in [-0.05, 0) is 31.5 Å². The number of aliphatic hydroxyl groups is 1. The van der Waals surface area contributed by atoms with Gasteiger partial charge in [0.15, 0.2) is 0 Å². The van der Waals surface area contributed by atoms with Crippen LogP contribution in [0, 0.1) is 5.82 Å². The molecule has 6 heteroatoms. The first-order chi connectivity index (χ1) is 11.7. The number of hydrogen-bond acceptors (Lipinski definition) is 4. The number of carbonyl (C=O) groups is 1. The van der Waals surface area contributed by atoms with E-state index in [4.69, 9.17) is 0 Å². The van der Waals surface area contributed by atoms with Crippen LogP contribution in [0.5, 0.6) is 0 Å². The van der Waals surface area contributed by atoms with Gasteiger partial charge in [-0.15, -0.1) is 0 Å². The molecule has 132 valence electrons. The number of halogens is 1. The zero-order valence-corrected chi connectivity index (χ0v) is 14.0. The summed E-state index contributed by atoms with van der Waals surface area (Å²) in [7, 11) is 0. The van der Waals surface area contributed by atoms with Crippen molar-refractivity contribution in [1.82, 2.24) is 9.80 Å². The number of anilines is 1. The number of carbonyl (C=O) groups excluding carboxylic acids is 1. The predicted molar refractivity (Wildman–Crippen MR) is 91.5 cm³/mol. The van der Waals surface area contributed by atoms with Gasteiger partial charge in [0.25, 0.3) is 0 Å². The van der Waals surface area contributed by atoms with E-state index in [1.807, 2.05) is 15.9 Å². The number of piperazine rings is 1. The summed E-state index contributed by atoms with van der Waals surface area (Å²) in [6.45, 7) is 3.91. The molecule has 1 aromatic rings. The Morgan fingerprint density at radius 1 is 1.12 bits per heavy atom. The van der Waals surface area contributed by atoms with E-state index in [9.17, 15) is 14.3 Å². The molecule has 2 aliphatic heterocycles. The molecule has 0 spiro atoms. The van der Waals surface area contributed by atoms with Crippen LogP contribution in [0.1, 0.15) is 19.3 Å². The molecule has 2 saturated heterocycles. The number of hydrogen-bond donors (Lipinski definition) is 1. The van der Waals surface area contributed by atoms with E-state index in [0.717, 1.165) is 25.8 Å². The van der Waals surface area contributed by atoms with Gasteiger partial charge >= 0.3 is 0 Å². The number of likely N-dealkylation sites (tertiary alicyclic amines) is 1. The van der Waals surface area contributed by atoms with E-state index in [1.54, 1.807) is 12.1 Å². The van der Waals surface area contributed by atoms with Crippen LogP contribution >= 0.6 is 0 Å². The molecule has 2 aliphatic rings.